The molecule has 2 amide bonds. The lowest BCUT2D eigenvalue weighted by Gasteiger charge is -2.34. The summed E-state index contributed by atoms with van der Waals surface area (Å²) in [6, 6.07) is 0.0596. The van der Waals surface area contributed by atoms with Crippen LogP contribution in [0.15, 0.2) is 4.52 Å². The van der Waals surface area contributed by atoms with Gasteiger partial charge in [0, 0.05) is 50.6 Å². The quantitative estimate of drug-likeness (QED) is 0.696. The molecule has 2 aromatic rings. The zero-order valence-corrected chi connectivity index (χ0v) is 19.4. The number of rotatable bonds is 6. The number of carbonyl (C=O) groups excluding carboxylic acids is 2. The summed E-state index contributed by atoms with van der Waals surface area (Å²) < 4.78 is 5.43. The first-order valence-corrected chi connectivity index (χ1v) is 11.7. The van der Waals surface area contributed by atoms with Gasteiger partial charge in [-0.1, -0.05) is 11.6 Å². The highest BCUT2D eigenvalue weighted by atomic mass is 16.5. The molecule has 1 saturated carbocycles. The molecule has 0 spiro atoms. The SMILES string of the molecule is CC(=O)N1CCN(c2nc(NCc3noc(C4CCC4)n3)c3c(n2)C(=O)N(C(C)C)C3)CC1. The van der Waals surface area contributed by atoms with Gasteiger partial charge in [-0.2, -0.15) is 9.97 Å². The number of amides is 2. The van der Waals surface area contributed by atoms with Crippen molar-refractivity contribution in [2.24, 2.45) is 0 Å². The number of piperazine rings is 1. The van der Waals surface area contributed by atoms with E-state index in [9.17, 15) is 9.59 Å². The summed E-state index contributed by atoms with van der Waals surface area (Å²) in [5.74, 6) is 2.77. The van der Waals surface area contributed by atoms with Crippen LogP contribution in [0.4, 0.5) is 11.8 Å². The van der Waals surface area contributed by atoms with Gasteiger partial charge in [-0.05, 0) is 26.7 Å². The van der Waals surface area contributed by atoms with E-state index in [2.05, 4.69) is 20.4 Å². The van der Waals surface area contributed by atoms with Crippen LogP contribution in [-0.2, 0) is 17.9 Å². The highest BCUT2D eigenvalue weighted by molar-refractivity contribution is 5.98. The molecule has 2 aromatic heterocycles. The van der Waals surface area contributed by atoms with Crippen LogP contribution in [0.5, 0.6) is 0 Å². The van der Waals surface area contributed by atoms with E-state index in [0.29, 0.717) is 74.4 Å². The van der Waals surface area contributed by atoms with E-state index in [1.165, 1.54) is 6.42 Å². The van der Waals surface area contributed by atoms with E-state index in [4.69, 9.17) is 9.51 Å². The summed E-state index contributed by atoms with van der Waals surface area (Å²) in [6.45, 7) is 8.84. The molecule has 3 aliphatic rings. The van der Waals surface area contributed by atoms with Gasteiger partial charge in [-0.15, -0.1) is 0 Å². The van der Waals surface area contributed by atoms with Crippen LogP contribution in [-0.4, -0.2) is 73.9 Å². The molecule has 2 fully saturated rings. The molecule has 2 aliphatic heterocycles. The van der Waals surface area contributed by atoms with Crippen molar-refractivity contribution in [3.05, 3.63) is 23.0 Å². The molecule has 0 aromatic carbocycles. The minimum Gasteiger partial charge on any atom is -0.362 e. The van der Waals surface area contributed by atoms with Crippen molar-refractivity contribution in [1.29, 1.82) is 0 Å². The maximum absolute atomic E-state index is 13.1. The standard InChI is InChI=1S/C22H30N8O3/c1-13(2)30-12-16-18(21(30)32)25-22(29-9-7-28(8-10-29)14(3)31)26-19(16)23-11-17-24-20(33-27-17)15-5-4-6-15/h13,15H,4-12H2,1-3H3,(H,23,25,26). The summed E-state index contributed by atoms with van der Waals surface area (Å²) in [6.07, 6.45) is 3.40. The highest BCUT2D eigenvalue weighted by Crippen LogP contribution is 2.35. The molecule has 176 valence electrons. The van der Waals surface area contributed by atoms with Gasteiger partial charge >= 0.3 is 0 Å². The number of nitrogens with one attached hydrogen (secondary N) is 1. The normalized spacial score (nSPS) is 18.7. The molecule has 1 N–H and O–H groups in total. The lowest BCUT2D eigenvalue weighted by molar-refractivity contribution is -0.129. The molecular formula is C22H30N8O3. The summed E-state index contributed by atoms with van der Waals surface area (Å²) >= 11 is 0. The molecular weight excluding hydrogens is 424 g/mol. The number of nitrogens with zero attached hydrogens (tertiary/aromatic N) is 7. The van der Waals surface area contributed by atoms with Crippen molar-refractivity contribution in [1.82, 2.24) is 29.9 Å². The Morgan fingerprint density at radius 3 is 2.55 bits per heavy atom. The Hall–Kier alpha value is -3.24. The van der Waals surface area contributed by atoms with Gasteiger partial charge in [-0.3, -0.25) is 9.59 Å². The number of hydrogen-bond acceptors (Lipinski definition) is 9. The Morgan fingerprint density at radius 1 is 1.15 bits per heavy atom. The van der Waals surface area contributed by atoms with Crippen molar-refractivity contribution in [3.8, 4) is 0 Å². The zero-order valence-electron chi connectivity index (χ0n) is 19.4. The lowest BCUT2D eigenvalue weighted by Crippen LogP contribution is -2.48. The van der Waals surface area contributed by atoms with Crippen LogP contribution in [0.1, 0.15) is 73.7 Å². The van der Waals surface area contributed by atoms with Crippen molar-refractivity contribution >= 4 is 23.6 Å². The molecule has 1 aliphatic carbocycles. The van der Waals surface area contributed by atoms with Crippen LogP contribution in [0.2, 0.25) is 0 Å². The minimum absolute atomic E-state index is 0.0596. The fourth-order valence-electron chi connectivity index (χ4n) is 4.43. The summed E-state index contributed by atoms with van der Waals surface area (Å²) in [5.41, 5.74) is 1.23. The molecule has 33 heavy (non-hydrogen) atoms. The first-order chi connectivity index (χ1) is 15.9. The Morgan fingerprint density at radius 2 is 1.91 bits per heavy atom. The van der Waals surface area contributed by atoms with E-state index in [1.807, 2.05) is 23.6 Å². The number of fused-ring (bicyclic) bond motifs is 1. The van der Waals surface area contributed by atoms with E-state index < -0.39 is 0 Å². The Kier molecular flexibility index (Phi) is 5.63. The predicted octanol–water partition coefficient (Wildman–Crippen LogP) is 1.77. The molecule has 5 rings (SSSR count). The first-order valence-electron chi connectivity index (χ1n) is 11.7. The Balaban J connectivity index is 1.38. The average molecular weight is 455 g/mol. The minimum atomic E-state index is -0.0825. The third-order valence-corrected chi connectivity index (χ3v) is 6.77. The molecule has 11 heteroatoms. The van der Waals surface area contributed by atoms with E-state index in [-0.39, 0.29) is 17.9 Å². The van der Waals surface area contributed by atoms with Crippen molar-refractivity contribution < 1.29 is 14.1 Å². The van der Waals surface area contributed by atoms with E-state index in [0.717, 1.165) is 18.4 Å². The van der Waals surface area contributed by atoms with Crippen LogP contribution >= 0.6 is 0 Å². The van der Waals surface area contributed by atoms with Crippen LogP contribution in [0, 0.1) is 0 Å². The number of aromatic nitrogens is 4. The van der Waals surface area contributed by atoms with Crippen LogP contribution in [0.3, 0.4) is 0 Å². The second-order valence-electron chi connectivity index (χ2n) is 9.25. The van der Waals surface area contributed by atoms with Gasteiger partial charge < -0.3 is 24.5 Å². The molecule has 0 unspecified atom stereocenters. The summed E-state index contributed by atoms with van der Waals surface area (Å²) in [4.78, 5) is 44.3. The van der Waals surface area contributed by atoms with Gasteiger partial charge in [0.05, 0.1) is 13.1 Å². The monoisotopic (exact) mass is 454 g/mol. The third-order valence-electron chi connectivity index (χ3n) is 6.77. The molecule has 0 atom stereocenters. The average Bonchev–Trinajstić information content (AvgIpc) is 3.35. The first kappa shape index (κ1) is 21.6. The molecule has 4 heterocycles. The Bertz CT molecular complexity index is 1060. The van der Waals surface area contributed by atoms with Crippen LogP contribution in [0.25, 0.3) is 0 Å². The maximum atomic E-state index is 13.1. The third kappa shape index (κ3) is 4.11. The highest BCUT2D eigenvalue weighted by Gasteiger charge is 2.35. The van der Waals surface area contributed by atoms with Crippen molar-refractivity contribution in [2.75, 3.05) is 36.4 Å². The van der Waals surface area contributed by atoms with Gasteiger partial charge in [0.2, 0.25) is 17.7 Å². The number of anilines is 2. The second-order valence-corrected chi connectivity index (χ2v) is 9.25. The van der Waals surface area contributed by atoms with Gasteiger partial charge in [0.25, 0.3) is 5.91 Å². The van der Waals surface area contributed by atoms with Gasteiger partial charge in [0.15, 0.2) is 5.82 Å². The molecule has 1 saturated heterocycles. The number of hydrogen-bond donors (Lipinski definition) is 1. The number of carbonyl (C=O) groups is 2. The van der Waals surface area contributed by atoms with E-state index in [1.54, 1.807) is 11.8 Å². The molecule has 0 radical (unpaired) electrons. The molecule has 0 bridgehead atoms. The molecule has 11 nitrogen and oxygen atoms in total. The fraction of sp³-hybridized carbons (Fsp3) is 0.636. The maximum Gasteiger partial charge on any atom is 0.273 e. The fourth-order valence-corrected chi connectivity index (χ4v) is 4.43. The summed E-state index contributed by atoms with van der Waals surface area (Å²) in [7, 11) is 0. The largest absolute Gasteiger partial charge is 0.362 e. The van der Waals surface area contributed by atoms with Crippen LogP contribution < -0.4 is 10.2 Å². The van der Waals surface area contributed by atoms with Gasteiger partial charge in [0.1, 0.15) is 11.5 Å². The topological polar surface area (TPSA) is 121 Å². The predicted molar refractivity (Wildman–Crippen MR) is 120 cm³/mol. The Labute approximate surface area is 192 Å². The summed E-state index contributed by atoms with van der Waals surface area (Å²) in [5, 5.41) is 7.44. The van der Waals surface area contributed by atoms with E-state index >= 15 is 0 Å². The smallest absolute Gasteiger partial charge is 0.273 e. The van der Waals surface area contributed by atoms with Gasteiger partial charge in [-0.25, -0.2) is 4.98 Å². The zero-order chi connectivity index (χ0) is 23.1. The second kappa shape index (κ2) is 8.60. The van der Waals surface area contributed by atoms with Crippen molar-refractivity contribution in [2.45, 2.75) is 65.1 Å². The lowest BCUT2D eigenvalue weighted by atomic mass is 9.85. The van der Waals surface area contributed by atoms with Crippen molar-refractivity contribution in [3.63, 3.8) is 0 Å².